The van der Waals surface area contributed by atoms with Crippen molar-refractivity contribution in [2.45, 2.75) is 25.3 Å². The van der Waals surface area contributed by atoms with Crippen molar-refractivity contribution < 1.29 is 18.0 Å². The highest BCUT2D eigenvalue weighted by Gasteiger charge is 2.29. The van der Waals surface area contributed by atoms with Gasteiger partial charge < -0.3 is 10.2 Å². The molecule has 0 spiro atoms. The first-order valence-electron chi connectivity index (χ1n) is 7.70. The van der Waals surface area contributed by atoms with E-state index in [0.717, 1.165) is 25.9 Å². The van der Waals surface area contributed by atoms with Gasteiger partial charge in [-0.2, -0.15) is 0 Å². The molecular formula is C15H19N3O4S. The number of carbonyl (C=O) groups is 2. The van der Waals surface area contributed by atoms with Gasteiger partial charge in [0.25, 0.3) is 11.8 Å². The molecule has 1 atom stereocenters. The standard InChI is InChI=1S/C15H19N3O4S/c19-14(17-13-3-6-23(21,22)10-13)11-7-12(9-16-8-11)15(20)18-4-1-2-5-18/h7-9,13H,1-6,10H2,(H,17,19). The lowest BCUT2D eigenvalue weighted by Gasteiger charge is -2.15. The molecule has 2 saturated heterocycles. The van der Waals surface area contributed by atoms with Crippen molar-refractivity contribution in [3.63, 3.8) is 0 Å². The zero-order valence-electron chi connectivity index (χ0n) is 12.7. The first-order chi connectivity index (χ1) is 10.9. The van der Waals surface area contributed by atoms with E-state index in [0.29, 0.717) is 12.0 Å². The van der Waals surface area contributed by atoms with E-state index >= 15 is 0 Å². The second-order valence-electron chi connectivity index (χ2n) is 6.04. The van der Waals surface area contributed by atoms with Gasteiger partial charge in [0.2, 0.25) is 0 Å². The fourth-order valence-electron chi connectivity index (χ4n) is 2.96. The fraction of sp³-hybridized carbons (Fsp3) is 0.533. The summed E-state index contributed by atoms with van der Waals surface area (Å²) >= 11 is 0. The normalized spacial score (nSPS) is 23.0. The number of nitrogens with one attached hydrogen (secondary N) is 1. The Morgan fingerprint density at radius 2 is 1.87 bits per heavy atom. The number of rotatable bonds is 3. The summed E-state index contributed by atoms with van der Waals surface area (Å²) < 4.78 is 22.9. The van der Waals surface area contributed by atoms with Crippen LogP contribution in [0.5, 0.6) is 0 Å². The molecule has 1 aromatic heterocycles. The summed E-state index contributed by atoms with van der Waals surface area (Å²) in [6.45, 7) is 1.46. The van der Waals surface area contributed by atoms with E-state index in [-0.39, 0.29) is 29.0 Å². The maximum absolute atomic E-state index is 12.3. The first kappa shape index (κ1) is 15.9. The zero-order chi connectivity index (χ0) is 16.4. The molecule has 1 N–H and O–H groups in total. The van der Waals surface area contributed by atoms with Gasteiger partial charge in [0.05, 0.1) is 22.6 Å². The molecular weight excluding hydrogens is 318 g/mol. The third-order valence-electron chi connectivity index (χ3n) is 4.21. The average Bonchev–Trinajstić information content (AvgIpc) is 3.16. The lowest BCUT2D eigenvalue weighted by atomic mass is 10.1. The summed E-state index contributed by atoms with van der Waals surface area (Å²) in [5.41, 5.74) is 0.665. The van der Waals surface area contributed by atoms with Crippen molar-refractivity contribution in [3.8, 4) is 0 Å². The molecule has 2 aliphatic heterocycles. The minimum Gasteiger partial charge on any atom is -0.348 e. The van der Waals surface area contributed by atoms with Crippen LogP contribution in [0, 0.1) is 0 Å². The molecule has 0 aromatic carbocycles. The summed E-state index contributed by atoms with van der Waals surface area (Å²) in [4.78, 5) is 30.3. The number of sulfone groups is 1. The van der Waals surface area contributed by atoms with Gasteiger partial charge in [-0.15, -0.1) is 0 Å². The minimum absolute atomic E-state index is 0.0292. The molecule has 2 aliphatic rings. The number of hydrogen-bond acceptors (Lipinski definition) is 5. The van der Waals surface area contributed by atoms with Crippen molar-refractivity contribution in [2.24, 2.45) is 0 Å². The Hall–Kier alpha value is -1.96. The number of pyridine rings is 1. The Kier molecular flexibility index (Phi) is 4.34. The van der Waals surface area contributed by atoms with Crippen molar-refractivity contribution in [1.82, 2.24) is 15.2 Å². The van der Waals surface area contributed by atoms with E-state index in [1.165, 1.54) is 18.5 Å². The van der Waals surface area contributed by atoms with Crippen LogP contribution in [0.1, 0.15) is 40.0 Å². The molecule has 0 aliphatic carbocycles. The van der Waals surface area contributed by atoms with Crippen LogP contribution >= 0.6 is 0 Å². The Labute approximate surface area is 135 Å². The average molecular weight is 337 g/mol. The van der Waals surface area contributed by atoms with E-state index in [2.05, 4.69) is 10.3 Å². The minimum atomic E-state index is -3.05. The van der Waals surface area contributed by atoms with Crippen LogP contribution in [0.3, 0.4) is 0 Å². The molecule has 7 nitrogen and oxygen atoms in total. The van der Waals surface area contributed by atoms with Crippen LogP contribution in [-0.4, -0.2) is 60.8 Å². The number of nitrogens with zero attached hydrogens (tertiary/aromatic N) is 2. The van der Waals surface area contributed by atoms with Gasteiger partial charge in [-0.05, 0) is 25.3 Å². The summed E-state index contributed by atoms with van der Waals surface area (Å²) in [6.07, 6.45) is 5.26. The van der Waals surface area contributed by atoms with Crippen LogP contribution in [0.25, 0.3) is 0 Å². The molecule has 3 rings (SSSR count). The van der Waals surface area contributed by atoms with Gasteiger partial charge >= 0.3 is 0 Å². The van der Waals surface area contributed by atoms with Gasteiger partial charge in [0.1, 0.15) is 0 Å². The summed E-state index contributed by atoms with van der Waals surface area (Å²) in [5.74, 6) is -0.439. The Bertz CT molecular complexity index is 726. The predicted molar refractivity (Wildman–Crippen MR) is 83.9 cm³/mol. The Balaban J connectivity index is 1.69. The topological polar surface area (TPSA) is 96.4 Å². The van der Waals surface area contributed by atoms with Crippen molar-refractivity contribution in [1.29, 1.82) is 0 Å². The highest BCUT2D eigenvalue weighted by molar-refractivity contribution is 7.91. The van der Waals surface area contributed by atoms with Gasteiger partial charge in [0, 0.05) is 31.5 Å². The monoisotopic (exact) mass is 337 g/mol. The molecule has 23 heavy (non-hydrogen) atoms. The second kappa shape index (κ2) is 6.27. The summed E-state index contributed by atoms with van der Waals surface area (Å²) in [7, 11) is -3.05. The number of aromatic nitrogens is 1. The number of amides is 2. The quantitative estimate of drug-likeness (QED) is 0.852. The summed E-state index contributed by atoms with van der Waals surface area (Å²) in [6, 6.07) is 1.15. The van der Waals surface area contributed by atoms with E-state index in [1.807, 2.05) is 0 Å². The lowest BCUT2D eigenvalue weighted by Crippen LogP contribution is -2.36. The van der Waals surface area contributed by atoms with Gasteiger partial charge in [0.15, 0.2) is 9.84 Å². The second-order valence-corrected chi connectivity index (χ2v) is 8.26. The number of likely N-dealkylation sites (tertiary alicyclic amines) is 1. The van der Waals surface area contributed by atoms with Crippen molar-refractivity contribution in [3.05, 3.63) is 29.6 Å². The Morgan fingerprint density at radius 3 is 2.52 bits per heavy atom. The molecule has 2 amide bonds. The van der Waals surface area contributed by atoms with Gasteiger partial charge in [-0.3, -0.25) is 14.6 Å². The zero-order valence-corrected chi connectivity index (χ0v) is 13.5. The van der Waals surface area contributed by atoms with E-state index in [1.54, 1.807) is 4.90 Å². The lowest BCUT2D eigenvalue weighted by molar-refractivity contribution is 0.0792. The molecule has 0 saturated carbocycles. The molecule has 1 aromatic rings. The molecule has 0 radical (unpaired) electrons. The van der Waals surface area contributed by atoms with Crippen LogP contribution in [0.4, 0.5) is 0 Å². The molecule has 8 heteroatoms. The first-order valence-corrected chi connectivity index (χ1v) is 9.52. The highest BCUT2D eigenvalue weighted by Crippen LogP contribution is 2.15. The molecule has 124 valence electrons. The smallest absolute Gasteiger partial charge is 0.255 e. The number of hydrogen-bond donors (Lipinski definition) is 1. The SMILES string of the molecule is O=C(NC1CCS(=O)(=O)C1)c1cncc(C(=O)N2CCCC2)c1. The molecule has 2 fully saturated rings. The fourth-order valence-corrected chi connectivity index (χ4v) is 4.63. The van der Waals surface area contributed by atoms with E-state index in [9.17, 15) is 18.0 Å². The highest BCUT2D eigenvalue weighted by atomic mass is 32.2. The van der Waals surface area contributed by atoms with Crippen LogP contribution in [0.2, 0.25) is 0 Å². The van der Waals surface area contributed by atoms with Crippen LogP contribution in [0.15, 0.2) is 18.5 Å². The Morgan fingerprint density at radius 1 is 1.17 bits per heavy atom. The largest absolute Gasteiger partial charge is 0.348 e. The third kappa shape index (κ3) is 3.69. The van der Waals surface area contributed by atoms with E-state index < -0.39 is 15.7 Å². The van der Waals surface area contributed by atoms with Crippen molar-refractivity contribution >= 4 is 21.7 Å². The predicted octanol–water partition coefficient (Wildman–Crippen LogP) is 0.235. The van der Waals surface area contributed by atoms with Crippen LogP contribution in [-0.2, 0) is 9.84 Å². The number of carbonyl (C=O) groups excluding carboxylic acids is 2. The van der Waals surface area contributed by atoms with E-state index in [4.69, 9.17) is 0 Å². The maximum atomic E-state index is 12.3. The molecule has 0 bridgehead atoms. The molecule has 1 unspecified atom stereocenters. The maximum Gasteiger partial charge on any atom is 0.255 e. The van der Waals surface area contributed by atoms with Crippen LogP contribution < -0.4 is 5.32 Å². The molecule has 3 heterocycles. The third-order valence-corrected chi connectivity index (χ3v) is 5.98. The van der Waals surface area contributed by atoms with Crippen molar-refractivity contribution in [2.75, 3.05) is 24.6 Å². The van der Waals surface area contributed by atoms with Gasteiger partial charge in [-0.25, -0.2) is 8.42 Å². The summed E-state index contributed by atoms with van der Waals surface area (Å²) in [5, 5.41) is 2.70. The van der Waals surface area contributed by atoms with Gasteiger partial charge in [-0.1, -0.05) is 0 Å².